The smallest absolute Gasteiger partial charge is 0.338 e. The topological polar surface area (TPSA) is 60.6 Å². The number of esters is 1. The number of ether oxygens (including phenoxy) is 4. The molecule has 1 saturated carbocycles. The molecular formula is C23H32O5. The highest BCUT2D eigenvalue weighted by Gasteiger charge is 2.58. The number of carbonyl (C=O) groups excluding carboxylic acids is 1. The average Bonchev–Trinajstić information content (AvgIpc) is 3.52. The Labute approximate surface area is 167 Å². The van der Waals surface area contributed by atoms with Crippen molar-refractivity contribution in [3.63, 3.8) is 0 Å². The predicted octanol–water partition coefficient (Wildman–Crippen LogP) is 4.53. The van der Waals surface area contributed by atoms with Crippen LogP contribution in [0.1, 0.15) is 70.2 Å². The first-order chi connectivity index (χ1) is 13.2. The van der Waals surface area contributed by atoms with Crippen LogP contribution in [0.15, 0.2) is 24.3 Å². The minimum absolute atomic E-state index is 0.0500. The Balaban J connectivity index is 1.47. The van der Waals surface area contributed by atoms with Crippen LogP contribution in [0.3, 0.4) is 0 Å². The van der Waals surface area contributed by atoms with Crippen LogP contribution in [-0.2, 0) is 14.2 Å². The van der Waals surface area contributed by atoms with Crippen molar-refractivity contribution in [3.05, 3.63) is 29.8 Å². The maximum Gasteiger partial charge on any atom is 0.338 e. The van der Waals surface area contributed by atoms with Gasteiger partial charge in [0.1, 0.15) is 11.4 Å². The summed E-state index contributed by atoms with van der Waals surface area (Å²) in [6.45, 7) is 8.51. The van der Waals surface area contributed by atoms with Crippen LogP contribution in [-0.4, -0.2) is 42.1 Å². The summed E-state index contributed by atoms with van der Waals surface area (Å²) in [5, 5.41) is 0. The van der Waals surface area contributed by atoms with Crippen molar-refractivity contribution >= 4 is 5.97 Å². The molecule has 0 aromatic heterocycles. The summed E-state index contributed by atoms with van der Waals surface area (Å²) in [6, 6.07) is 7.10. The number of hydrogen-bond donors (Lipinski definition) is 0. The van der Waals surface area contributed by atoms with E-state index < -0.39 is 5.60 Å². The number of benzene rings is 1. The summed E-state index contributed by atoms with van der Waals surface area (Å²) < 4.78 is 23.0. The Morgan fingerprint density at radius 1 is 1.21 bits per heavy atom. The summed E-state index contributed by atoms with van der Waals surface area (Å²) >= 11 is 0. The highest BCUT2D eigenvalue weighted by Crippen LogP contribution is 2.53. The van der Waals surface area contributed by atoms with E-state index in [4.69, 9.17) is 18.9 Å². The second kappa shape index (κ2) is 6.74. The first-order valence-electron chi connectivity index (χ1n) is 10.4. The van der Waals surface area contributed by atoms with Gasteiger partial charge in [0.05, 0.1) is 36.1 Å². The molecule has 5 nitrogen and oxygen atoms in total. The quantitative estimate of drug-likeness (QED) is 0.507. The lowest BCUT2D eigenvalue weighted by Crippen LogP contribution is -2.43. The molecule has 3 fully saturated rings. The second-order valence-electron chi connectivity index (χ2n) is 9.57. The van der Waals surface area contributed by atoms with E-state index in [2.05, 4.69) is 27.7 Å². The number of methoxy groups -OCH3 is 1. The van der Waals surface area contributed by atoms with Crippen LogP contribution in [0.25, 0.3) is 0 Å². The molecule has 3 aliphatic rings. The van der Waals surface area contributed by atoms with E-state index in [1.165, 1.54) is 0 Å². The second-order valence-corrected chi connectivity index (χ2v) is 9.57. The van der Waals surface area contributed by atoms with Crippen molar-refractivity contribution < 1.29 is 23.7 Å². The van der Waals surface area contributed by atoms with Crippen molar-refractivity contribution in [3.8, 4) is 5.75 Å². The molecule has 1 aliphatic carbocycles. The van der Waals surface area contributed by atoms with Gasteiger partial charge in [-0.2, -0.15) is 0 Å². The molecule has 1 aromatic rings. The molecule has 0 amide bonds. The Hall–Kier alpha value is -1.59. The van der Waals surface area contributed by atoms with Crippen molar-refractivity contribution in [1.82, 2.24) is 0 Å². The molecule has 2 saturated heterocycles. The van der Waals surface area contributed by atoms with Crippen molar-refractivity contribution in [2.75, 3.05) is 7.11 Å². The minimum Gasteiger partial charge on any atom is -0.497 e. The van der Waals surface area contributed by atoms with Crippen LogP contribution in [0, 0.1) is 5.92 Å². The number of rotatable bonds is 7. The third kappa shape index (κ3) is 3.79. The molecule has 4 rings (SSSR count). The highest BCUT2D eigenvalue weighted by molar-refractivity contribution is 5.89. The van der Waals surface area contributed by atoms with E-state index >= 15 is 0 Å². The summed E-state index contributed by atoms with van der Waals surface area (Å²) in [5.74, 6) is 0.758. The van der Waals surface area contributed by atoms with Gasteiger partial charge in [-0.05, 0) is 84.1 Å². The average molecular weight is 389 g/mol. The lowest BCUT2D eigenvalue weighted by molar-refractivity contribution is -0.0555. The fourth-order valence-electron chi connectivity index (χ4n) is 4.69. The lowest BCUT2D eigenvalue weighted by Gasteiger charge is -2.39. The summed E-state index contributed by atoms with van der Waals surface area (Å²) in [6.07, 6.45) is 5.27. The molecule has 0 radical (unpaired) electrons. The van der Waals surface area contributed by atoms with Gasteiger partial charge in [-0.1, -0.05) is 0 Å². The molecule has 2 heterocycles. The Morgan fingerprint density at radius 2 is 1.89 bits per heavy atom. The van der Waals surface area contributed by atoms with Crippen LogP contribution in [0.2, 0.25) is 0 Å². The van der Waals surface area contributed by atoms with E-state index in [1.807, 2.05) is 0 Å². The Kier molecular flexibility index (Phi) is 4.74. The van der Waals surface area contributed by atoms with Gasteiger partial charge < -0.3 is 18.9 Å². The molecule has 0 bridgehead atoms. The Bertz CT molecular complexity index is 742. The zero-order chi connectivity index (χ0) is 20.2. The Morgan fingerprint density at radius 3 is 2.46 bits per heavy atom. The summed E-state index contributed by atoms with van der Waals surface area (Å²) in [4.78, 5) is 12.9. The van der Waals surface area contributed by atoms with Gasteiger partial charge in [0.2, 0.25) is 0 Å². The van der Waals surface area contributed by atoms with Gasteiger partial charge >= 0.3 is 5.97 Å². The molecule has 154 valence electrons. The standard InChI is InChI=1S/C23H32O5/c1-21(2)18(26-21)11-13-22(3,16-10-12-23(4)19(14-16)27-23)28-20(24)15-6-8-17(25-5)9-7-15/h6-9,16,18-19H,10-14H2,1-5H3. The van der Waals surface area contributed by atoms with Crippen LogP contribution in [0.4, 0.5) is 0 Å². The molecule has 5 unspecified atom stereocenters. The van der Waals surface area contributed by atoms with E-state index in [1.54, 1.807) is 31.4 Å². The maximum atomic E-state index is 12.9. The molecular weight excluding hydrogens is 356 g/mol. The van der Waals surface area contributed by atoms with Gasteiger partial charge in [0.25, 0.3) is 0 Å². The zero-order valence-electron chi connectivity index (χ0n) is 17.6. The molecule has 5 heteroatoms. The largest absolute Gasteiger partial charge is 0.497 e. The van der Waals surface area contributed by atoms with Gasteiger partial charge in [0.15, 0.2) is 0 Å². The molecule has 2 aliphatic heterocycles. The first kappa shape index (κ1) is 19.7. The monoisotopic (exact) mass is 388 g/mol. The molecule has 5 atom stereocenters. The SMILES string of the molecule is COc1ccc(C(=O)OC(C)(CCC2OC2(C)C)C2CCC3(C)OC3C2)cc1. The molecule has 28 heavy (non-hydrogen) atoms. The van der Waals surface area contributed by atoms with E-state index in [0.29, 0.717) is 17.6 Å². The van der Waals surface area contributed by atoms with E-state index in [9.17, 15) is 4.79 Å². The van der Waals surface area contributed by atoms with Crippen molar-refractivity contribution in [2.45, 2.75) is 88.8 Å². The molecule has 0 N–H and O–H groups in total. The van der Waals surface area contributed by atoms with Gasteiger partial charge in [0, 0.05) is 5.92 Å². The normalized spacial score (nSPS) is 34.7. The lowest BCUT2D eigenvalue weighted by atomic mass is 9.72. The van der Waals surface area contributed by atoms with Crippen molar-refractivity contribution in [2.24, 2.45) is 5.92 Å². The number of carbonyl (C=O) groups is 1. The van der Waals surface area contributed by atoms with Crippen LogP contribution >= 0.6 is 0 Å². The highest BCUT2D eigenvalue weighted by atomic mass is 16.6. The van der Waals surface area contributed by atoms with Gasteiger partial charge in [-0.25, -0.2) is 4.79 Å². The third-order valence-electron chi connectivity index (χ3n) is 7.11. The summed E-state index contributed by atoms with van der Waals surface area (Å²) in [5.41, 5.74) is 0.0371. The molecule has 1 aromatic carbocycles. The predicted molar refractivity (Wildman–Crippen MR) is 106 cm³/mol. The first-order valence-corrected chi connectivity index (χ1v) is 10.4. The number of hydrogen-bond acceptors (Lipinski definition) is 5. The third-order valence-corrected chi connectivity index (χ3v) is 7.11. The fraction of sp³-hybridized carbons (Fsp3) is 0.696. The van der Waals surface area contributed by atoms with E-state index in [0.717, 1.165) is 37.9 Å². The zero-order valence-corrected chi connectivity index (χ0v) is 17.6. The number of fused-ring (bicyclic) bond motifs is 1. The van der Waals surface area contributed by atoms with Crippen LogP contribution < -0.4 is 4.74 Å². The van der Waals surface area contributed by atoms with Crippen LogP contribution in [0.5, 0.6) is 5.75 Å². The molecule has 0 spiro atoms. The maximum absolute atomic E-state index is 12.9. The van der Waals surface area contributed by atoms with Gasteiger partial charge in [-0.15, -0.1) is 0 Å². The van der Waals surface area contributed by atoms with E-state index in [-0.39, 0.29) is 23.3 Å². The van der Waals surface area contributed by atoms with Gasteiger partial charge in [-0.3, -0.25) is 0 Å². The van der Waals surface area contributed by atoms with Crippen molar-refractivity contribution in [1.29, 1.82) is 0 Å². The summed E-state index contributed by atoms with van der Waals surface area (Å²) in [7, 11) is 1.61. The number of epoxide rings is 2. The fourth-order valence-corrected chi connectivity index (χ4v) is 4.69. The minimum atomic E-state index is -0.522.